The van der Waals surface area contributed by atoms with E-state index in [2.05, 4.69) is 68.4 Å². The minimum absolute atomic E-state index is 0.255. The monoisotopic (exact) mass is 222 g/mol. The van der Waals surface area contributed by atoms with Crippen molar-refractivity contribution in [2.75, 3.05) is 0 Å². The van der Waals surface area contributed by atoms with Crippen molar-refractivity contribution in [1.29, 1.82) is 0 Å². The molecule has 0 heterocycles. The highest BCUT2D eigenvalue weighted by Gasteiger charge is 2.40. The highest BCUT2D eigenvalue weighted by Crippen LogP contribution is 2.48. The molecule has 0 saturated carbocycles. The average Bonchev–Trinajstić information content (AvgIpc) is 2.65. The second-order valence-electron chi connectivity index (χ2n) is 5.38. The Kier molecular flexibility index (Phi) is 2.32. The van der Waals surface area contributed by atoms with Crippen LogP contribution in [0.5, 0.6) is 0 Å². The maximum atomic E-state index is 2.40. The molecule has 0 amide bonds. The number of rotatable bonds is 1. The van der Waals surface area contributed by atoms with E-state index in [4.69, 9.17) is 0 Å². The Morgan fingerprint density at radius 2 is 1.59 bits per heavy atom. The maximum absolute atomic E-state index is 2.40. The van der Waals surface area contributed by atoms with E-state index >= 15 is 0 Å². The molecule has 0 nitrogen and oxygen atoms in total. The standard InChI is InChI=1S/C17H18/c1-13-16-11-7-6-8-14(16)12-17(13,2)15-9-4-3-5-10-15/h3-11,13H,12H2,1-2H3/t13?,17-/m1/s1. The fourth-order valence-corrected chi connectivity index (χ4v) is 3.18. The number of benzene rings is 2. The number of fused-ring (bicyclic) bond motifs is 1. The molecule has 0 fully saturated rings. The van der Waals surface area contributed by atoms with Gasteiger partial charge in [-0.1, -0.05) is 68.4 Å². The van der Waals surface area contributed by atoms with E-state index in [9.17, 15) is 0 Å². The smallest absolute Gasteiger partial charge is 0.00312 e. The predicted molar refractivity (Wildman–Crippen MR) is 72.4 cm³/mol. The van der Waals surface area contributed by atoms with Crippen molar-refractivity contribution < 1.29 is 0 Å². The summed E-state index contributed by atoms with van der Waals surface area (Å²) < 4.78 is 0. The minimum Gasteiger partial charge on any atom is -0.0622 e. The molecule has 1 aliphatic rings. The molecule has 0 aromatic heterocycles. The van der Waals surface area contributed by atoms with Gasteiger partial charge in [0.25, 0.3) is 0 Å². The van der Waals surface area contributed by atoms with E-state index < -0.39 is 0 Å². The van der Waals surface area contributed by atoms with Gasteiger partial charge >= 0.3 is 0 Å². The van der Waals surface area contributed by atoms with Gasteiger partial charge in [0, 0.05) is 5.41 Å². The molecule has 0 aliphatic heterocycles. The summed E-state index contributed by atoms with van der Waals surface area (Å²) in [5.41, 5.74) is 4.76. The summed E-state index contributed by atoms with van der Waals surface area (Å²) in [4.78, 5) is 0. The van der Waals surface area contributed by atoms with Crippen molar-refractivity contribution >= 4 is 0 Å². The molecule has 1 aliphatic carbocycles. The first-order valence-electron chi connectivity index (χ1n) is 6.35. The van der Waals surface area contributed by atoms with E-state index in [1.54, 1.807) is 0 Å². The van der Waals surface area contributed by atoms with Gasteiger partial charge in [-0.2, -0.15) is 0 Å². The summed E-state index contributed by atoms with van der Waals surface area (Å²) in [5.74, 6) is 0.598. The lowest BCUT2D eigenvalue weighted by Crippen LogP contribution is -2.25. The molecule has 2 aromatic rings. The molecule has 0 heteroatoms. The zero-order valence-corrected chi connectivity index (χ0v) is 10.5. The van der Waals surface area contributed by atoms with Crippen LogP contribution in [0, 0.1) is 0 Å². The van der Waals surface area contributed by atoms with Crippen LogP contribution in [0.15, 0.2) is 54.6 Å². The third-order valence-electron chi connectivity index (χ3n) is 4.47. The van der Waals surface area contributed by atoms with Gasteiger partial charge in [0.2, 0.25) is 0 Å². The molecular formula is C17H18. The van der Waals surface area contributed by atoms with Gasteiger partial charge in [-0.25, -0.2) is 0 Å². The van der Waals surface area contributed by atoms with E-state index in [1.807, 2.05) is 0 Å². The average molecular weight is 222 g/mol. The second kappa shape index (κ2) is 3.73. The van der Waals surface area contributed by atoms with Gasteiger partial charge < -0.3 is 0 Å². The van der Waals surface area contributed by atoms with Crippen LogP contribution in [0.4, 0.5) is 0 Å². The molecule has 2 atom stereocenters. The first kappa shape index (κ1) is 10.6. The topological polar surface area (TPSA) is 0 Å². The molecular weight excluding hydrogens is 204 g/mol. The van der Waals surface area contributed by atoms with E-state index in [0.717, 1.165) is 6.42 Å². The molecule has 0 bridgehead atoms. The van der Waals surface area contributed by atoms with Gasteiger partial charge in [-0.3, -0.25) is 0 Å². The van der Waals surface area contributed by atoms with Crippen LogP contribution in [0.2, 0.25) is 0 Å². The summed E-state index contributed by atoms with van der Waals surface area (Å²) in [7, 11) is 0. The number of hydrogen-bond donors (Lipinski definition) is 0. The third-order valence-corrected chi connectivity index (χ3v) is 4.47. The Morgan fingerprint density at radius 1 is 0.941 bits per heavy atom. The summed E-state index contributed by atoms with van der Waals surface area (Å²) in [6, 6.07) is 19.8. The first-order valence-corrected chi connectivity index (χ1v) is 6.35. The Labute approximate surface area is 103 Å². The summed E-state index contributed by atoms with van der Waals surface area (Å²) in [6.45, 7) is 4.76. The Hall–Kier alpha value is -1.56. The highest BCUT2D eigenvalue weighted by atomic mass is 14.4. The van der Waals surface area contributed by atoms with Gasteiger partial charge in [-0.05, 0) is 29.0 Å². The van der Waals surface area contributed by atoms with Crippen molar-refractivity contribution in [3.63, 3.8) is 0 Å². The molecule has 3 rings (SSSR count). The van der Waals surface area contributed by atoms with Crippen LogP contribution in [0.1, 0.15) is 36.5 Å². The lowest BCUT2D eigenvalue weighted by Gasteiger charge is -2.30. The SMILES string of the molecule is CC1c2ccccc2C[C@@]1(C)c1ccccc1. The summed E-state index contributed by atoms with van der Waals surface area (Å²) >= 11 is 0. The molecule has 0 saturated heterocycles. The molecule has 0 N–H and O–H groups in total. The van der Waals surface area contributed by atoms with Crippen LogP contribution < -0.4 is 0 Å². The van der Waals surface area contributed by atoms with Crippen molar-refractivity contribution in [3.05, 3.63) is 71.3 Å². The Balaban J connectivity index is 2.09. The first-order chi connectivity index (χ1) is 8.22. The van der Waals surface area contributed by atoms with Crippen molar-refractivity contribution in [2.45, 2.75) is 31.6 Å². The summed E-state index contributed by atoms with van der Waals surface area (Å²) in [6.07, 6.45) is 1.16. The Morgan fingerprint density at radius 3 is 2.29 bits per heavy atom. The van der Waals surface area contributed by atoms with Crippen LogP contribution in [0.3, 0.4) is 0 Å². The zero-order valence-electron chi connectivity index (χ0n) is 10.5. The van der Waals surface area contributed by atoms with Gasteiger partial charge in [0.1, 0.15) is 0 Å². The van der Waals surface area contributed by atoms with Gasteiger partial charge in [-0.15, -0.1) is 0 Å². The molecule has 17 heavy (non-hydrogen) atoms. The van der Waals surface area contributed by atoms with Crippen LogP contribution in [-0.4, -0.2) is 0 Å². The van der Waals surface area contributed by atoms with Crippen molar-refractivity contribution in [1.82, 2.24) is 0 Å². The van der Waals surface area contributed by atoms with Crippen molar-refractivity contribution in [2.24, 2.45) is 0 Å². The van der Waals surface area contributed by atoms with Gasteiger partial charge in [0.15, 0.2) is 0 Å². The quantitative estimate of drug-likeness (QED) is 0.674. The van der Waals surface area contributed by atoms with Crippen LogP contribution in [-0.2, 0) is 11.8 Å². The third kappa shape index (κ3) is 1.51. The lowest BCUT2D eigenvalue weighted by atomic mass is 9.73. The highest BCUT2D eigenvalue weighted by molar-refractivity contribution is 5.44. The van der Waals surface area contributed by atoms with E-state index in [1.165, 1.54) is 16.7 Å². The van der Waals surface area contributed by atoms with E-state index in [0.29, 0.717) is 5.92 Å². The normalized spacial score (nSPS) is 26.8. The fraction of sp³-hybridized carbons (Fsp3) is 0.294. The second-order valence-corrected chi connectivity index (χ2v) is 5.38. The summed E-state index contributed by atoms with van der Waals surface area (Å²) in [5, 5.41) is 0. The minimum atomic E-state index is 0.255. The largest absolute Gasteiger partial charge is 0.0622 e. The predicted octanol–water partition coefficient (Wildman–Crippen LogP) is 4.30. The zero-order chi connectivity index (χ0) is 11.9. The van der Waals surface area contributed by atoms with Crippen LogP contribution in [0.25, 0.3) is 0 Å². The molecule has 2 aromatic carbocycles. The van der Waals surface area contributed by atoms with Gasteiger partial charge in [0.05, 0.1) is 0 Å². The van der Waals surface area contributed by atoms with Crippen LogP contribution >= 0.6 is 0 Å². The lowest BCUT2D eigenvalue weighted by molar-refractivity contribution is 0.429. The molecule has 1 unspecified atom stereocenters. The molecule has 0 spiro atoms. The number of hydrogen-bond acceptors (Lipinski definition) is 0. The maximum Gasteiger partial charge on any atom is 0.00312 e. The molecule has 86 valence electrons. The van der Waals surface area contributed by atoms with Crippen molar-refractivity contribution in [3.8, 4) is 0 Å². The molecule has 0 radical (unpaired) electrons. The Bertz CT molecular complexity index is 527. The van der Waals surface area contributed by atoms with E-state index in [-0.39, 0.29) is 5.41 Å². The fourth-order valence-electron chi connectivity index (χ4n) is 3.18.